The Morgan fingerprint density at radius 2 is 1.88 bits per heavy atom. The molecule has 1 saturated heterocycles. The summed E-state index contributed by atoms with van der Waals surface area (Å²) in [5, 5.41) is 3.77. The van der Waals surface area contributed by atoms with Crippen molar-refractivity contribution in [3.05, 3.63) is 0 Å². The molecule has 1 aliphatic heterocycles. The predicted molar refractivity (Wildman–Crippen MR) is 67.6 cm³/mol. The zero-order valence-electron chi connectivity index (χ0n) is 10.9. The van der Waals surface area contributed by atoms with Crippen LogP contribution in [-0.2, 0) is 0 Å². The Balaban J connectivity index is 1.75. The summed E-state index contributed by atoms with van der Waals surface area (Å²) in [6.45, 7) is 8.57. The van der Waals surface area contributed by atoms with Gasteiger partial charge in [0.2, 0.25) is 0 Å². The van der Waals surface area contributed by atoms with Crippen LogP contribution < -0.4 is 5.32 Å². The van der Waals surface area contributed by atoms with E-state index < -0.39 is 0 Å². The highest BCUT2D eigenvalue weighted by Crippen LogP contribution is 2.41. The average molecular weight is 222 g/mol. The molecule has 0 aromatic heterocycles. The molecule has 0 aromatic rings. The van der Waals surface area contributed by atoms with Crippen LogP contribution in [0.4, 0.5) is 0 Å². The molecule has 3 rings (SSSR count). The summed E-state index contributed by atoms with van der Waals surface area (Å²) in [5.74, 6) is 1.03. The summed E-state index contributed by atoms with van der Waals surface area (Å²) >= 11 is 0. The lowest BCUT2D eigenvalue weighted by Gasteiger charge is -2.51. The van der Waals surface area contributed by atoms with Crippen molar-refractivity contribution < 1.29 is 0 Å². The van der Waals surface area contributed by atoms with E-state index >= 15 is 0 Å². The quantitative estimate of drug-likeness (QED) is 0.772. The lowest BCUT2D eigenvalue weighted by Crippen LogP contribution is -2.67. The fourth-order valence-electron chi connectivity index (χ4n) is 3.61. The molecule has 0 unspecified atom stereocenters. The molecule has 3 fully saturated rings. The number of rotatable bonds is 2. The van der Waals surface area contributed by atoms with E-state index in [0.29, 0.717) is 11.1 Å². The molecular formula is C14H26N2. The van der Waals surface area contributed by atoms with Gasteiger partial charge in [0, 0.05) is 30.7 Å². The topological polar surface area (TPSA) is 15.3 Å². The highest BCUT2D eigenvalue weighted by Gasteiger charge is 2.46. The van der Waals surface area contributed by atoms with Gasteiger partial charge in [0.1, 0.15) is 0 Å². The maximum Gasteiger partial charge on any atom is 0.0335 e. The molecule has 0 amide bonds. The Morgan fingerprint density at radius 3 is 2.50 bits per heavy atom. The first-order valence-corrected chi connectivity index (χ1v) is 7.10. The van der Waals surface area contributed by atoms with Crippen LogP contribution in [-0.4, -0.2) is 35.6 Å². The van der Waals surface area contributed by atoms with Crippen molar-refractivity contribution in [2.45, 2.75) is 63.5 Å². The van der Waals surface area contributed by atoms with E-state index in [9.17, 15) is 0 Å². The van der Waals surface area contributed by atoms with Gasteiger partial charge in [0.05, 0.1) is 0 Å². The first-order valence-electron chi connectivity index (χ1n) is 7.10. The third-order valence-corrected chi connectivity index (χ3v) is 4.86. The van der Waals surface area contributed by atoms with Crippen LogP contribution in [0.25, 0.3) is 0 Å². The van der Waals surface area contributed by atoms with E-state index in [4.69, 9.17) is 0 Å². The van der Waals surface area contributed by atoms with Crippen molar-refractivity contribution in [3.8, 4) is 0 Å². The van der Waals surface area contributed by atoms with Crippen LogP contribution in [0.1, 0.15) is 52.4 Å². The van der Waals surface area contributed by atoms with Gasteiger partial charge in [-0.3, -0.25) is 4.90 Å². The second kappa shape index (κ2) is 3.71. The highest BCUT2D eigenvalue weighted by atomic mass is 15.3. The minimum Gasteiger partial charge on any atom is -0.309 e. The van der Waals surface area contributed by atoms with Gasteiger partial charge in [-0.15, -0.1) is 0 Å². The Bertz CT molecular complexity index is 262. The zero-order chi connectivity index (χ0) is 11.2. The minimum atomic E-state index is 0.322. The van der Waals surface area contributed by atoms with E-state index in [1.165, 1.54) is 58.2 Å². The van der Waals surface area contributed by atoms with Gasteiger partial charge < -0.3 is 5.32 Å². The molecule has 1 heterocycles. The fourth-order valence-corrected chi connectivity index (χ4v) is 3.61. The van der Waals surface area contributed by atoms with E-state index in [1.54, 1.807) is 0 Å². The third kappa shape index (κ3) is 2.02. The summed E-state index contributed by atoms with van der Waals surface area (Å²) in [4.78, 5) is 2.86. The molecule has 0 atom stereocenters. The molecule has 1 N–H and O–H groups in total. The summed E-state index contributed by atoms with van der Waals surface area (Å²) in [7, 11) is 0. The summed E-state index contributed by atoms with van der Waals surface area (Å²) < 4.78 is 0. The number of nitrogens with zero attached hydrogens (tertiary/aromatic N) is 1. The number of hydrogen-bond acceptors (Lipinski definition) is 2. The number of nitrogens with one attached hydrogen (secondary N) is 1. The molecule has 0 bridgehead atoms. The van der Waals surface area contributed by atoms with Gasteiger partial charge >= 0.3 is 0 Å². The second-order valence-electron chi connectivity index (χ2n) is 6.99. The third-order valence-electron chi connectivity index (χ3n) is 4.86. The zero-order valence-corrected chi connectivity index (χ0v) is 10.9. The summed E-state index contributed by atoms with van der Waals surface area (Å²) in [5.41, 5.74) is 0.862. The largest absolute Gasteiger partial charge is 0.309 e. The monoisotopic (exact) mass is 222 g/mol. The van der Waals surface area contributed by atoms with Crippen LogP contribution in [0.2, 0.25) is 0 Å². The number of hydrogen-bond donors (Lipinski definition) is 1. The van der Waals surface area contributed by atoms with Crippen molar-refractivity contribution >= 4 is 0 Å². The van der Waals surface area contributed by atoms with Crippen molar-refractivity contribution in [3.63, 3.8) is 0 Å². The van der Waals surface area contributed by atoms with Crippen molar-refractivity contribution in [1.82, 2.24) is 10.2 Å². The lowest BCUT2D eigenvalue weighted by atomic mass is 9.87. The number of piperazine rings is 1. The first-order chi connectivity index (χ1) is 7.60. The molecule has 16 heavy (non-hydrogen) atoms. The summed E-state index contributed by atoms with van der Waals surface area (Å²) in [6, 6.07) is 0. The van der Waals surface area contributed by atoms with Crippen molar-refractivity contribution in [2.24, 2.45) is 5.92 Å². The predicted octanol–water partition coefficient (Wildman–Crippen LogP) is 2.39. The molecule has 2 aliphatic carbocycles. The van der Waals surface area contributed by atoms with E-state index in [0.717, 1.165) is 5.92 Å². The normalized spacial score (nSPS) is 33.4. The Kier molecular flexibility index (Phi) is 2.56. The van der Waals surface area contributed by atoms with Gasteiger partial charge in [0.25, 0.3) is 0 Å². The van der Waals surface area contributed by atoms with Crippen LogP contribution in [0.15, 0.2) is 0 Å². The molecule has 2 saturated carbocycles. The maximum atomic E-state index is 3.77. The fraction of sp³-hybridized carbons (Fsp3) is 1.00. The molecule has 1 spiro atoms. The molecule has 0 aromatic carbocycles. The van der Waals surface area contributed by atoms with E-state index in [2.05, 4.69) is 24.1 Å². The molecule has 92 valence electrons. The SMILES string of the molecule is CC1(C)CN(CC2CC2)C2(CCCC2)CN1. The minimum absolute atomic E-state index is 0.322. The summed E-state index contributed by atoms with van der Waals surface area (Å²) in [6.07, 6.45) is 8.74. The van der Waals surface area contributed by atoms with Crippen LogP contribution in [0.3, 0.4) is 0 Å². The van der Waals surface area contributed by atoms with Gasteiger partial charge in [-0.2, -0.15) is 0 Å². The standard InChI is InChI=1S/C14H26N2/c1-13(2)11-16(9-12-5-6-12)14(10-15-13)7-3-4-8-14/h12,15H,3-11H2,1-2H3. The van der Waals surface area contributed by atoms with Crippen molar-refractivity contribution in [2.75, 3.05) is 19.6 Å². The van der Waals surface area contributed by atoms with Gasteiger partial charge in [0.15, 0.2) is 0 Å². The van der Waals surface area contributed by atoms with E-state index in [-0.39, 0.29) is 0 Å². The Hall–Kier alpha value is -0.0800. The smallest absolute Gasteiger partial charge is 0.0335 e. The molecule has 3 aliphatic rings. The van der Waals surface area contributed by atoms with Crippen LogP contribution in [0, 0.1) is 5.92 Å². The Labute approximate surface area is 99.8 Å². The lowest BCUT2D eigenvalue weighted by molar-refractivity contribution is 0.0154. The molecule has 0 radical (unpaired) electrons. The second-order valence-corrected chi connectivity index (χ2v) is 6.99. The van der Waals surface area contributed by atoms with Gasteiger partial charge in [-0.1, -0.05) is 12.8 Å². The van der Waals surface area contributed by atoms with Crippen LogP contribution in [0.5, 0.6) is 0 Å². The van der Waals surface area contributed by atoms with Crippen LogP contribution >= 0.6 is 0 Å². The van der Waals surface area contributed by atoms with Gasteiger partial charge in [-0.05, 0) is 45.4 Å². The maximum absolute atomic E-state index is 3.77. The van der Waals surface area contributed by atoms with E-state index in [1.807, 2.05) is 0 Å². The molecule has 2 heteroatoms. The molecular weight excluding hydrogens is 196 g/mol. The Morgan fingerprint density at radius 1 is 1.19 bits per heavy atom. The molecule has 2 nitrogen and oxygen atoms in total. The average Bonchev–Trinajstić information content (AvgIpc) is 2.91. The highest BCUT2D eigenvalue weighted by molar-refractivity contribution is 5.05. The van der Waals surface area contributed by atoms with Gasteiger partial charge in [-0.25, -0.2) is 0 Å². The first kappa shape index (κ1) is 11.0. The van der Waals surface area contributed by atoms with Crippen molar-refractivity contribution in [1.29, 1.82) is 0 Å².